The number of amides is 1. The third kappa shape index (κ3) is 2.05. The number of hydrogen-bond acceptors (Lipinski definition) is 2. The van der Waals surface area contributed by atoms with Gasteiger partial charge in [-0.05, 0) is 25.2 Å². The van der Waals surface area contributed by atoms with Gasteiger partial charge in [-0.15, -0.1) is 0 Å². The van der Waals surface area contributed by atoms with Crippen LogP contribution < -0.4 is 5.32 Å². The molecule has 0 radical (unpaired) electrons. The molecular weight excluding hydrogens is 226 g/mol. The summed E-state index contributed by atoms with van der Waals surface area (Å²) in [5.74, 6) is -2.19. The third-order valence-corrected chi connectivity index (χ3v) is 4.32. The molecule has 0 aromatic heterocycles. The maximum Gasteiger partial charge on any atom is 0.282 e. The van der Waals surface area contributed by atoms with Crippen LogP contribution in [0, 0.1) is 5.92 Å². The number of carbonyl (C=O) groups is 1. The summed E-state index contributed by atoms with van der Waals surface area (Å²) in [5.41, 5.74) is 0. The first-order valence-corrected chi connectivity index (χ1v) is 6.48. The van der Waals surface area contributed by atoms with Crippen LogP contribution in [0.15, 0.2) is 0 Å². The molecule has 3 atom stereocenters. The maximum atomic E-state index is 12.7. The molecule has 0 aromatic rings. The minimum Gasteiger partial charge on any atom is -0.329 e. The van der Waals surface area contributed by atoms with Gasteiger partial charge in [0.25, 0.3) is 5.92 Å². The molecule has 96 valence electrons. The number of nitrogens with zero attached hydrogens (tertiary/aromatic N) is 1. The topological polar surface area (TPSA) is 32.3 Å². The number of likely N-dealkylation sites (tertiary alicyclic amines) is 1. The van der Waals surface area contributed by atoms with Crippen molar-refractivity contribution in [3.63, 3.8) is 0 Å². The summed E-state index contributed by atoms with van der Waals surface area (Å²) in [4.78, 5) is 13.3. The van der Waals surface area contributed by atoms with Gasteiger partial charge in [-0.2, -0.15) is 0 Å². The lowest BCUT2D eigenvalue weighted by molar-refractivity contribution is -0.167. The van der Waals surface area contributed by atoms with Gasteiger partial charge in [0.15, 0.2) is 0 Å². The molecule has 1 saturated carbocycles. The number of fused-ring (bicyclic) bond motifs is 1. The Morgan fingerprint density at radius 3 is 2.59 bits per heavy atom. The van der Waals surface area contributed by atoms with Crippen molar-refractivity contribution in [3.05, 3.63) is 0 Å². The van der Waals surface area contributed by atoms with E-state index in [1.165, 1.54) is 24.2 Å². The fourth-order valence-corrected chi connectivity index (χ4v) is 3.40. The zero-order valence-electron chi connectivity index (χ0n) is 9.79. The molecule has 3 unspecified atom stereocenters. The lowest BCUT2D eigenvalue weighted by Crippen LogP contribution is -2.61. The van der Waals surface area contributed by atoms with Crippen molar-refractivity contribution in [2.45, 2.75) is 50.1 Å². The van der Waals surface area contributed by atoms with E-state index in [-0.39, 0.29) is 25.0 Å². The highest BCUT2D eigenvalue weighted by Gasteiger charge is 2.49. The van der Waals surface area contributed by atoms with E-state index in [0.29, 0.717) is 12.0 Å². The third-order valence-electron chi connectivity index (χ3n) is 4.32. The van der Waals surface area contributed by atoms with Crippen molar-refractivity contribution < 1.29 is 13.6 Å². The quantitative estimate of drug-likeness (QED) is 0.756. The summed E-state index contributed by atoms with van der Waals surface area (Å²) in [5, 5.41) is 3.33. The number of hydrogen-bond donors (Lipinski definition) is 1. The summed E-state index contributed by atoms with van der Waals surface area (Å²) in [6, 6.07) is 0.235. The molecule has 0 aromatic carbocycles. The van der Waals surface area contributed by atoms with Gasteiger partial charge >= 0.3 is 0 Å². The fraction of sp³-hybridized carbons (Fsp3) is 0.917. The van der Waals surface area contributed by atoms with Crippen molar-refractivity contribution in [1.29, 1.82) is 0 Å². The number of nitrogens with one attached hydrogen (secondary N) is 1. The second-order valence-corrected chi connectivity index (χ2v) is 5.66. The second-order valence-electron chi connectivity index (χ2n) is 5.66. The van der Waals surface area contributed by atoms with Gasteiger partial charge in [0.1, 0.15) is 0 Å². The summed E-state index contributed by atoms with van der Waals surface area (Å²) < 4.78 is 25.4. The summed E-state index contributed by atoms with van der Waals surface area (Å²) >= 11 is 0. The molecule has 1 N–H and O–H groups in total. The van der Waals surface area contributed by atoms with Crippen molar-refractivity contribution in [3.8, 4) is 0 Å². The molecule has 3 fully saturated rings. The van der Waals surface area contributed by atoms with E-state index < -0.39 is 5.92 Å². The molecule has 2 saturated heterocycles. The fourth-order valence-electron chi connectivity index (χ4n) is 3.40. The van der Waals surface area contributed by atoms with E-state index in [4.69, 9.17) is 0 Å². The number of alkyl halides is 2. The first-order valence-electron chi connectivity index (χ1n) is 6.48. The molecule has 0 bridgehead atoms. The normalized spacial score (nSPS) is 39.6. The lowest BCUT2D eigenvalue weighted by atomic mass is 9.85. The number of rotatable bonds is 1. The van der Waals surface area contributed by atoms with E-state index in [1.54, 1.807) is 0 Å². The molecule has 2 heterocycles. The molecule has 3 aliphatic rings. The van der Waals surface area contributed by atoms with Crippen LogP contribution in [0.1, 0.15) is 32.1 Å². The van der Waals surface area contributed by atoms with Gasteiger partial charge in [0.05, 0.1) is 19.1 Å². The Labute approximate surface area is 99.5 Å². The average Bonchev–Trinajstić information content (AvgIpc) is 2.68. The van der Waals surface area contributed by atoms with Crippen molar-refractivity contribution in [2.24, 2.45) is 5.92 Å². The zero-order valence-corrected chi connectivity index (χ0v) is 9.79. The molecule has 1 aliphatic carbocycles. The summed E-state index contributed by atoms with van der Waals surface area (Å²) in [6.45, 7) is -0.779. The maximum absolute atomic E-state index is 12.7. The predicted octanol–water partition coefficient (Wildman–Crippen LogP) is 1.38. The summed E-state index contributed by atoms with van der Waals surface area (Å²) in [6.07, 6.45) is 5.61. The molecule has 1 amide bonds. The number of halogens is 2. The average molecular weight is 244 g/mol. The standard InChI is InChI=1S/C12H18F2N2O/c13-12(14)6-16(7-12)11(17)10-5-8-3-1-2-4-9(8)15-10/h8-10,15H,1-7H2. The highest BCUT2D eigenvalue weighted by molar-refractivity contribution is 5.83. The van der Waals surface area contributed by atoms with Crippen molar-refractivity contribution >= 4 is 5.91 Å². The highest BCUT2D eigenvalue weighted by Crippen LogP contribution is 2.35. The smallest absolute Gasteiger partial charge is 0.282 e. The van der Waals surface area contributed by atoms with E-state index in [0.717, 1.165) is 12.8 Å². The SMILES string of the molecule is O=C(C1CC2CCCCC2N1)N1CC(F)(F)C1. The molecule has 2 aliphatic heterocycles. The predicted molar refractivity (Wildman–Crippen MR) is 58.8 cm³/mol. The van der Waals surface area contributed by atoms with E-state index >= 15 is 0 Å². The minimum atomic E-state index is -2.65. The lowest BCUT2D eigenvalue weighted by Gasteiger charge is -2.40. The monoisotopic (exact) mass is 244 g/mol. The van der Waals surface area contributed by atoms with E-state index in [1.807, 2.05) is 0 Å². The van der Waals surface area contributed by atoms with Crippen LogP contribution in [0.25, 0.3) is 0 Å². The minimum absolute atomic E-state index is 0.120. The van der Waals surface area contributed by atoms with Crippen LogP contribution in [0.2, 0.25) is 0 Å². The van der Waals surface area contributed by atoms with Crippen LogP contribution in [0.5, 0.6) is 0 Å². The highest BCUT2D eigenvalue weighted by atomic mass is 19.3. The van der Waals surface area contributed by atoms with E-state index in [9.17, 15) is 13.6 Å². The summed E-state index contributed by atoms with van der Waals surface area (Å²) in [7, 11) is 0. The van der Waals surface area contributed by atoms with Crippen molar-refractivity contribution in [2.75, 3.05) is 13.1 Å². The molecular formula is C12H18F2N2O. The zero-order chi connectivity index (χ0) is 12.0. The Hall–Kier alpha value is -0.710. The Bertz CT molecular complexity index is 312. The number of carbonyl (C=O) groups excluding carboxylic acids is 1. The molecule has 5 heteroatoms. The Kier molecular flexibility index (Phi) is 2.61. The van der Waals surface area contributed by atoms with Crippen LogP contribution in [0.4, 0.5) is 8.78 Å². The van der Waals surface area contributed by atoms with Gasteiger partial charge in [0, 0.05) is 6.04 Å². The van der Waals surface area contributed by atoms with Crippen LogP contribution in [-0.4, -0.2) is 41.9 Å². The van der Waals surface area contributed by atoms with Crippen LogP contribution >= 0.6 is 0 Å². The second kappa shape index (κ2) is 3.90. The van der Waals surface area contributed by atoms with Gasteiger partial charge in [-0.3, -0.25) is 4.79 Å². The van der Waals surface area contributed by atoms with Crippen molar-refractivity contribution in [1.82, 2.24) is 10.2 Å². The van der Waals surface area contributed by atoms with Crippen LogP contribution in [0.3, 0.4) is 0 Å². The van der Waals surface area contributed by atoms with Gasteiger partial charge in [-0.1, -0.05) is 12.8 Å². The van der Waals surface area contributed by atoms with Gasteiger partial charge in [0.2, 0.25) is 5.91 Å². The first-order chi connectivity index (χ1) is 8.05. The van der Waals surface area contributed by atoms with E-state index in [2.05, 4.69) is 5.32 Å². The molecule has 0 spiro atoms. The van der Waals surface area contributed by atoms with Gasteiger partial charge < -0.3 is 10.2 Å². The molecule has 3 nitrogen and oxygen atoms in total. The van der Waals surface area contributed by atoms with Crippen LogP contribution in [-0.2, 0) is 4.79 Å². The Balaban J connectivity index is 1.57. The Morgan fingerprint density at radius 2 is 1.94 bits per heavy atom. The Morgan fingerprint density at radius 1 is 1.24 bits per heavy atom. The molecule has 3 rings (SSSR count). The van der Waals surface area contributed by atoms with Gasteiger partial charge in [-0.25, -0.2) is 8.78 Å². The largest absolute Gasteiger partial charge is 0.329 e. The molecule has 17 heavy (non-hydrogen) atoms. The first kappa shape index (κ1) is 11.4.